The zero-order chi connectivity index (χ0) is 22.8. The number of carbonyl (C=O) groups excluding carboxylic acids is 2. The first kappa shape index (κ1) is 23.0. The summed E-state index contributed by atoms with van der Waals surface area (Å²) in [5.74, 6) is 0.768. The van der Waals surface area contributed by atoms with Crippen LogP contribution in [-0.2, 0) is 11.3 Å². The van der Waals surface area contributed by atoms with E-state index in [1.807, 2.05) is 11.8 Å². The van der Waals surface area contributed by atoms with Gasteiger partial charge in [-0.3, -0.25) is 19.0 Å². The summed E-state index contributed by atoms with van der Waals surface area (Å²) in [6.07, 6.45) is 9.33. The number of thiophene rings is 1. The van der Waals surface area contributed by atoms with Crippen LogP contribution in [-0.4, -0.2) is 45.4 Å². The number of aromatic nitrogens is 2. The number of likely N-dealkylation sites (tertiary alicyclic amines) is 1. The summed E-state index contributed by atoms with van der Waals surface area (Å²) in [6, 6.07) is 0.200. The van der Waals surface area contributed by atoms with Crippen molar-refractivity contribution in [2.75, 3.05) is 13.1 Å². The smallest absolute Gasteiger partial charge is 0.262 e. The molecule has 2 fully saturated rings. The van der Waals surface area contributed by atoms with Gasteiger partial charge in [0.1, 0.15) is 11.4 Å². The van der Waals surface area contributed by atoms with Crippen molar-refractivity contribution in [3.05, 3.63) is 27.1 Å². The van der Waals surface area contributed by atoms with Gasteiger partial charge in [-0.2, -0.15) is 0 Å². The average Bonchev–Trinajstić information content (AvgIpc) is 2.90. The maximum atomic E-state index is 13.2. The Hall–Kier alpha value is -2.22. The van der Waals surface area contributed by atoms with Gasteiger partial charge >= 0.3 is 0 Å². The molecule has 2 aromatic heterocycles. The Morgan fingerprint density at radius 1 is 1.12 bits per heavy atom. The predicted octanol–water partition coefficient (Wildman–Crippen LogP) is 3.72. The van der Waals surface area contributed by atoms with E-state index >= 15 is 0 Å². The minimum Gasteiger partial charge on any atom is -0.349 e. The van der Waals surface area contributed by atoms with Crippen LogP contribution >= 0.6 is 11.3 Å². The number of hydrogen-bond acceptors (Lipinski definition) is 5. The lowest BCUT2D eigenvalue weighted by Gasteiger charge is -2.35. The summed E-state index contributed by atoms with van der Waals surface area (Å²) in [5, 5.41) is 3.62. The molecule has 1 aliphatic carbocycles. The molecule has 3 heterocycles. The van der Waals surface area contributed by atoms with Crippen LogP contribution in [0.3, 0.4) is 0 Å². The molecule has 1 aliphatic heterocycles. The fraction of sp³-hybridized carbons (Fsp3) is 0.667. The molecule has 0 radical (unpaired) electrons. The van der Waals surface area contributed by atoms with Crippen molar-refractivity contribution < 1.29 is 9.59 Å². The van der Waals surface area contributed by atoms with Crippen LogP contribution in [0.25, 0.3) is 10.2 Å². The molecule has 32 heavy (non-hydrogen) atoms. The molecule has 2 aromatic rings. The van der Waals surface area contributed by atoms with Gasteiger partial charge in [-0.05, 0) is 43.6 Å². The predicted molar refractivity (Wildman–Crippen MR) is 127 cm³/mol. The van der Waals surface area contributed by atoms with Gasteiger partial charge < -0.3 is 10.2 Å². The van der Waals surface area contributed by atoms with Crippen LogP contribution in [0, 0.1) is 18.8 Å². The lowest BCUT2D eigenvalue weighted by Crippen LogP contribution is -2.44. The van der Waals surface area contributed by atoms with Crippen molar-refractivity contribution in [2.24, 2.45) is 11.8 Å². The summed E-state index contributed by atoms with van der Waals surface area (Å²) < 4.78 is 1.39. The second kappa shape index (κ2) is 9.73. The average molecular weight is 459 g/mol. The Labute approximate surface area is 193 Å². The van der Waals surface area contributed by atoms with Crippen molar-refractivity contribution in [1.82, 2.24) is 19.8 Å². The van der Waals surface area contributed by atoms with Gasteiger partial charge in [0, 0.05) is 19.1 Å². The zero-order valence-electron chi connectivity index (χ0n) is 19.4. The SMILES string of the molecule is Cc1c(C(=O)NC2CCCCCC2)sc2ncn(CC(=O)N3C[C@H](C)C[C@@H](C)C3)c(=O)c12. The maximum Gasteiger partial charge on any atom is 0.262 e. The van der Waals surface area contributed by atoms with E-state index in [0.717, 1.165) is 45.2 Å². The molecule has 2 amide bonds. The van der Waals surface area contributed by atoms with Gasteiger partial charge in [0.2, 0.25) is 5.91 Å². The highest BCUT2D eigenvalue weighted by Gasteiger charge is 2.27. The number of fused-ring (bicyclic) bond motifs is 1. The summed E-state index contributed by atoms with van der Waals surface area (Å²) in [4.78, 5) is 46.4. The normalized spacial score (nSPS) is 22.7. The molecule has 0 bridgehead atoms. The highest BCUT2D eigenvalue weighted by molar-refractivity contribution is 7.20. The molecule has 174 valence electrons. The largest absolute Gasteiger partial charge is 0.349 e. The van der Waals surface area contributed by atoms with Crippen LogP contribution in [0.2, 0.25) is 0 Å². The van der Waals surface area contributed by atoms with Crippen molar-refractivity contribution in [2.45, 2.75) is 78.3 Å². The number of aryl methyl sites for hydroxylation is 1. The van der Waals surface area contributed by atoms with E-state index in [0.29, 0.717) is 32.5 Å². The molecule has 0 spiro atoms. The summed E-state index contributed by atoms with van der Waals surface area (Å²) in [7, 11) is 0. The number of nitrogens with zero attached hydrogens (tertiary/aromatic N) is 3. The van der Waals surface area contributed by atoms with Crippen LogP contribution in [0.15, 0.2) is 11.1 Å². The number of piperidine rings is 1. The van der Waals surface area contributed by atoms with E-state index in [2.05, 4.69) is 24.1 Å². The van der Waals surface area contributed by atoms with E-state index in [4.69, 9.17) is 0 Å². The molecule has 0 unspecified atom stereocenters. The number of hydrogen-bond donors (Lipinski definition) is 1. The van der Waals surface area contributed by atoms with Gasteiger partial charge in [0.15, 0.2) is 0 Å². The first-order chi connectivity index (χ1) is 15.3. The van der Waals surface area contributed by atoms with E-state index in [1.165, 1.54) is 35.1 Å². The van der Waals surface area contributed by atoms with Crippen molar-refractivity contribution in [1.29, 1.82) is 0 Å². The van der Waals surface area contributed by atoms with Crippen LogP contribution in [0.1, 0.15) is 74.0 Å². The molecule has 4 rings (SSSR count). The fourth-order valence-corrected chi connectivity index (χ4v) is 6.32. The zero-order valence-corrected chi connectivity index (χ0v) is 20.2. The van der Waals surface area contributed by atoms with Gasteiger partial charge in [0.05, 0.1) is 16.6 Å². The van der Waals surface area contributed by atoms with Gasteiger partial charge in [0.25, 0.3) is 11.5 Å². The highest BCUT2D eigenvalue weighted by Crippen LogP contribution is 2.28. The van der Waals surface area contributed by atoms with E-state index < -0.39 is 0 Å². The van der Waals surface area contributed by atoms with Gasteiger partial charge in [-0.1, -0.05) is 39.5 Å². The number of nitrogens with one attached hydrogen (secondary N) is 1. The molecule has 1 N–H and O–H groups in total. The number of rotatable bonds is 4. The third kappa shape index (κ3) is 4.90. The summed E-state index contributed by atoms with van der Waals surface area (Å²) in [5.41, 5.74) is 0.416. The Balaban J connectivity index is 1.53. The molecule has 1 saturated heterocycles. The number of amides is 2. The first-order valence-electron chi connectivity index (χ1n) is 11.9. The van der Waals surface area contributed by atoms with Crippen LogP contribution in [0.5, 0.6) is 0 Å². The van der Waals surface area contributed by atoms with Gasteiger partial charge in [-0.15, -0.1) is 11.3 Å². The Morgan fingerprint density at radius 3 is 2.44 bits per heavy atom. The van der Waals surface area contributed by atoms with E-state index in [9.17, 15) is 14.4 Å². The molecule has 2 atom stereocenters. The van der Waals surface area contributed by atoms with E-state index in [-0.39, 0.29) is 30.0 Å². The summed E-state index contributed by atoms with van der Waals surface area (Å²) >= 11 is 1.26. The fourth-order valence-electron chi connectivity index (χ4n) is 5.28. The monoisotopic (exact) mass is 458 g/mol. The third-order valence-corrected chi connectivity index (χ3v) is 8.04. The standard InChI is InChI=1S/C24H34N4O3S/c1-15-10-16(2)12-27(11-15)19(29)13-28-14-25-23-20(24(28)31)17(3)21(32-23)22(30)26-18-8-6-4-5-7-9-18/h14-16,18H,4-13H2,1-3H3,(H,26,30)/t15-,16-/m1/s1. The quantitative estimate of drug-likeness (QED) is 0.708. The molecule has 8 heteroatoms. The minimum atomic E-state index is -0.247. The minimum absolute atomic E-state index is 0.0138. The molecule has 1 saturated carbocycles. The van der Waals surface area contributed by atoms with E-state index in [1.54, 1.807) is 0 Å². The second-order valence-corrected chi connectivity index (χ2v) is 10.8. The van der Waals surface area contributed by atoms with Crippen molar-refractivity contribution >= 4 is 33.4 Å². The Bertz CT molecular complexity index is 1040. The second-order valence-electron chi connectivity index (χ2n) is 9.82. The molecule has 0 aromatic carbocycles. The molecular weight excluding hydrogens is 424 g/mol. The van der Waals surface area contributed by atoms with Crippen molar-refractivity contribution in [3.63, 3.8) is 0 Å². The third-order valence-electron chi connectivity index (χ3n) is 6.84. The first-order valence-corrected chi connectivity index (χ1v) is 12.7. The topological polar surface area (TPSA) is 84.3 Å². The maximum absolute atomic E-state index is 13.2. The Kier molecular flexibility index (Phi) is 6.98. The lowest BCUT2D eigenvalue weighted by molar-refractivity contribution is -0.134. The lowest BCUT2D eigenvalue weighted by atomic mass is 9.92. The highest BCUT2D eigenvalue weighted by atomic mass is 32.1. The van der Waals surface area contributed by atoms with Gasteiger partial charge in [-0.25, -0.2) is 4.98 Å². The number of carbonyl (C=O) groups is 2. The van der Waals surface area contributed by atoms with Crippen molar-refractivity contribution in [3.8, 4) is 0 Å². The molecule has 7 nitrogen and oxygen atoms in total. The Morgan fingerprint density at radius 2 is 1.78 bits per heavy atom. The molecular formula is C24H34N4O3S. The molecule has 2 aliphatic rings. The van der Waals surface area contributed by atoms with Crippen LogP contribution in [0.4, 0.5) is 0 Å². The van der Waals surface area contributed by atoms with Crippen LogP contribution < -0.4 is 10.9 Å². The summed E-state index contributed by atoms with van der Waals surface area (Å²) in [6.45, 7) is 7.58.